The summed E-state index contributed by atoms with van der Waals surface area (Å²) in [5.74, 6) is -0.470. The molecule has 2 N–H and O–H groups in total. The summed E-state index contributed by atoms with van der Waals surface area (Å²) in [6.07, 6.45) is 3.03. The number of fused-ring (bicyclic) bond motifs is 1. The number of rotatable bonds is 6. The van der Waals surface area contributed by atoms with Gasteiger partial charge in [-0.3, -0.25) is 23.9 Å². The second kappa shape index (κ2) is 10.8. The van der Waals surface area contributed by atoms with Gasteiger partial charge in [-0.25, -0.2) is 8.78 Å². The monoisotopic (exact) mass is 525 g/mol. The Morgan fingerprint density at radius 3 is 2.66 bits per heavy atom. The molecule has 2 aliphatic rings. The summed E-state index contributed by atoms with van der Waals surface area (Å²) >= 11 is 0. The maximum absolute atomic E-state index is 13.3. The minimum Gasteiger partial charge on any atom is -0.391 e. The van der Waals surface area contributed by atoms with Crippen molar-refractivity contribution in [3.63, 3.8) is 0 Å². The van der Waals surface area contributed by atoms with Crippen LogP contribution in [0, 0.1) is 0 Å². The highest BCUT2D eigenvalue weighted by Crippen LogP contribution is 2.28. The van der Waals surface area contributed by atoms with Crippen molar-refractivity contribution < 1.29 is 18.7 Å². The molecule has 3 aromatic rings. The molecule has 8 nitrogen and oxygen atoms in total. The van der Waals surface area contributed by atoms with Gasteiger partial charge >= 0.3 is 0 Å². The second-order valence-corrected chi connectivity index (χ2v) is 10.5. The van der Waals surface area contributed by atoms with E-state index in [0.717, 1.165) is 42.7 Å². The quantitative estimate of drug-likeness (QED) is 0.513. The van der Waals surface area contributed by atoms with Crippen LogP contribution in [0.25, 0.3) is 5.52 Å². The molecule has 1 saturated heterocycles. The van der Waals surface area contributed by atoms with Crippen LogP contribution in [0.2, 0.25) is 0 Å². The van der Waals surface area contributed by atoms with E-state index < -0.39 is 24.0 Å². The number of nitrogens with one attached hydrogen (secondary N) is 1. The number of halogens is 2. The molecule has 202 valence electrons. The van der Waals surface area contributed by atoms with E-state index in [4.69, 9.17) is 0 Å². The van der Waals surface area contributed by atoms with Gasteiger partial charge in [-0.1, -0.05) is 18.9 Å². The van der Waals surface area contributed by atoms with Crippen molar-refractivity contribution in [3.05, 3.63) is 76.0 Å². The fourth-order valence-corrected chi connectivity index (χ4v) is 5.52. The van der Waals surface area contributed by atoms with Gasteiger partial charge in [0, 0.05) is 38.9 Å². The number of amides is 1. The summed E-state index contributed by atoms with van der Waals surface area (Å²) in [4.78, 5) is 34.8. The average Bonchev–Trinajstić information content (AvgIpc) is 2.92. The summed E-state index contributed by atoms with van der Waals surface area (Å²) in [6.45, 7) is 5.23. The van der Waals surface area contributed by atoms with Crippen LogP contribution in [-0.4, -0.2) is 63.1 Å². The van der Waals surface area contributed by atoms with Crippen molar-refractivity contribution >= 4 is 17.1 Å². The number of aliphatic hydroxyl groups is 1. The van der Waals surface area contributed by atoms with Gasteiger partial charge in [0.1, 0.15) is 11.3 Å². The molecular formula is C28H33F2N5O3. The van der Waals surface area contributed by atoms with Crippen molar-refractivity contribution in [1.29, 1.82) is 0 Å². The Hall–Kier alpha value is -3.37. The lowest BCUT2D eigenvalue weighted by Crippen LogP contribution is -2.56. The Morgan fingerprint density at radius 1 is 1.18 bits per heavy atom. The van der Waals surface area contributed by atoms with Gasteiger partial charge in [-0.2, -0.15) is 0 Å². The Morgan fingerprint density at radius 2 is 1.97 bits per heavy atom. The molecule has 3 aromatic heterocycles. The first-order chi connectivity index (χ1) is 18.2. The standard InChI is InChI=1S/C28H33F2N5O3/c1-28(10-4-2-7-24(28)36)32-26(37)21-16-19(23-6-3-5-11-35(23)27(21)38)18-33-12-14-34(15-13-33)20-8-9-22(25(29)30)31-17-20/h3,5-6,8-9,11,16-17,24-25,36H,2,4,7,10,12-15,18H2,1H3,(H,32,37)/t24-,28+/m0/s1. The minimum atomic E-state index is -2.59. The third-order valence-electron chi connectivity index (χ3n) is 7.89. The number of piperazine rings is 1. The van der Waals surface area contributed by atoms with Crippen molar-refractivity contribution in [1.82, 2.24) is 19.6 Å². The molecule has 2 atom stereocenters. The van der Waals surface area contributed by atoms with Gasteiger partial charge in [-0.05, 0) is 55.7 Å². The smallest absolute Gasteiger partial charge is 0.280 e. The molecule has 38 heavy (non-hydrogen) atoms. The average molecular weight is 526 g/mol. The Labute approximate surface area is 219 Å². The Kier molecular flexibility index (Phi) is 7.45. The molecule has 4 heterocycles. The van der Waals surface area contributed by atoms with Gasteiger partial charge in [0.25, 0.3) is 17.9 Å². The summed E-state index contributed by atoms with van der Waals surface area (Å²) in [7, 11) is 0. The van der Waals surface area contributed by atoms with E-state index in [-0.39, 0.29) is 16.8 Å². The largest absolute Gasteiger partial charge is 0.391 e. The van der Waals surface area contributed by atoms with Crippen LogP contribution in [0.1, 0.15) is 60.6 Å². The molecule has 0 spiro atoms. The van der Waals surface area contributed by atoms with Crippen LogP contribution < -0.4 is 15.8 Å². The fraction of sp³-hybridized carbons (Fsp3) is 0.464. The van der Waals surface area contributed by atoms with Crippen LogP contribution in [0.15, 0.2) is 53.6 Å². The fourth-order valence-electron chi connectivity index (χ4n) is 5.52. The lowest BCUT2D eigenvalue weighted by atomic mass is 9.80. The van der Waals surface area contributed by atoms with Crippen LogP contribution in [0.5, 0.6) is 0 Å². The van der Waals surface area contributed by atoms with E-state index in [0.29, 0.717) is 32.5 Å². The van der Waals surface area contributed by atoms with Crippen molar-refractivity contribution in [2.24, 2.45) is 0 Å². The minimum absolute atomic E-state index is 0.0616. The van der Waals surface area contributed by atoms with Crippen molar-refractivity contribution in [2.75, 3.05) is 31.1 Å². The van der Waals surface area contributed by atoms with Gasteiger partial charge in [-0.15, -0.1) is 0 Å². The predicted molar refractivity (Wildman–Crippen MR) is 141 cm³/mol. The molecule has 0 radical (unpaired) electrons. The molecule has 1 amide bonds. The SMILES string of the molecule is C[C@@]1(NC(=O)c2cc(CN3CCN(c4ccc(C(F)F)nc4)CC3)c3ccccn3c2=O)CCCC[C@@H]1O. The first-order valence-electron chi connectivity index (χ1n) is 13.1. The van der Waals surface area contributed by atoms with E-state index in [9.17, 15) is 23.5 Å². The summed E-state index contributed by atoms with van der Waals surface area (Å²) in [6, 6.07) is 10.2. The number of alkyl halides is 2. The van der Waals surface area contributed by atoms with Crippen LogP contribution in [0.4, 0.5) is 14.5 Å². The van der Waals surface area contributed by atoms with E-state index in [1.165, 1.54) is 16.7 Å². The lowest BCUT2D eigenvalue weighted by Gasteiger charge is -2.39. The van der Waals surface area contributed by atoms with E-state index in [2.05, 4.69) is 20.1 Å². The molecule has 0 aromatic carbocycles. The van der Waals surface area contributed by atoms with Gasteiger partial charge in [0.2, 0.25) is 0 Å². The number of carbonyl (C=O) groups is 1. The summed E-state index contributed by atoms with van der Waals surface area (Å²) < 4.78 is 27.2. The number of anilines is 1. The van der Waals surface area contributed by atoms with E-state index >= 15 is 0 Å². The predicted octanol–water partition coefficient (Wildman–Crippen LogP) is 3.38. The highest BCUT2D eigenvalue weighted by molar-refractivity contribution is 5.95. The van der Waals surface area contributed by atoms with E-state index in [1.54, 1.807) is 24.4 Å². The summed E-state index contributed by atoms with van der Waals surface area (Å²) in [5.41, 5.74) is 1.09. The second-order valence-electron chi connectivity index (χ2n) is 10.5. The van der Waals surface area contributed by atoms with Crippen LogP contribution in [0.3, 0.4) is 0 Å². The lowest BCUT2D eigenvalue weighted by molar-refractivity contribution is 0.0312. The number of hydrogen-bond donors (Lipinski definition) is 2. The number of aliphatic hydroxyl groups excluding tert-OH is 1. The maximum Gasteiger partial charge on any atom is 0.280 e. The first kappa shape index (κ1) is 26.2. The number of aromatic nitrogens is 2. The Balaban J connectivity index is 1.34. The molecule has 10 heteroatoms. The molecule has 0 unspecified atom stereocenters. The third kappa shape index (κ3) is 5.28. The zero-order chi connectivity index (χ0) is 26.9. The molecule has 1 saturated carbocycles. The molecular weight excluding hydrogens is 492 g/mol. The zero-order valence-corrected chi connectivity index (χ0v) is 21.4. The molecule has 1 aliphatic carbocycles. The normalized spacial score (nSPS) is 22.7. The number of hydrogen-bond acceptors (Lipinski definition) is 6. The first-order valence-corrected chi connectivity index (χ1v) is 13.1. The van der Waals surface area contributed by atoms with E-state index in [1.807, 2.05) is 19.1 Å². The number of pyridine rings is 3. The molecule has 1 aliphatic heterocycles. The molecule has 5 rings (SSSR count). The van der Waals surface area contributed by atoms with Crippen LogP contribution in [-0.2, 0) is 6.54 Å². The maximum atomic E-state index is 13.3. The Bertz CT molecular complexity index is 1350. The molecule has 2 fully saturated rings. The third-order valence-corrected chi connectivity index (χ3v) is 7.89. The van der Waals surface area contributed by atoms with Gasteiger partial charge in [0.05, 0.1) is 29.0 Å². The molecule has 0 bridgehead atoms. The highest BCUT2D eigenvalue weighted by atomic mass is 19.3. The topological polar surface area (TPSA) is 90.2 Å². The van der Waals surface area contributed by atoms with Gasteiger partial charge < -0.3 is 15.3 Å². The number of carbonyl (C=O) groups excluding carboxylic acids is 1. The van der Waals surface area contributed by atoms with Crippen LogP contribution >= 0.6 is 0 Å². The van der Waals surface area contributed by atoms with Crippen molar-refractivity contribution in [2.45, 2.75) is 57.2 Å². The highest BCUT2D eigenvalue weighted by Gasteiger charge is 2.37. The van der Waals surface area contributed by atoms with Gasteiger partial charge in [0.15, 0.2) is 0 Å². The number of nitrogens with zero attached hydrogens (tertiary/aromatic N) is 4. The zero-order valence-electron chi connectivity index (χ0n) is 21.4. The van der Waals surface area contributed by atoms with Crippen molar-refractivity contribution in [3.8, 4) is 0 Å². The summed E-state index contributed by atoms with van der Waals surface area (Å²) in [5, 5.41) is 13.5.